The standard InChI is InChI=1S/C22H29N5O3/c1-14-10-19(30-26-14)18-12-23-15(2)25-22(18)17-7-5-16(6-8-17)11-24-20(28)13-27-9-3-4-21(27)29/h10,12,16-17H,3-9,11,13H2,1-2H3,(H,24,28). The number of hydrogen-bond donors (Lipinski definition) is 1. The van der Waals surface area contributed by atoms with Gasteiger partial charge in [0.25, 0.3) is 0 Å². The molecule has 2 aromatic heterocycles. The molecule has 2 fully saturated rings. The molecule has 0 atom stereocenters. The van der Waals surface area contributed by atoms with Crippen molar-refractivity contribution in [3.05, 3.63) is 29.5 Å². The second-order valence-corrected chi connectivity index (χ2v) is 8.49. The van der Waals surface area contributed by atoms with Gasteiger partial charge in [-0.15, -0.1) is 0 Å². The summed E-state index contributed by atoms with van der Waals surface area (Å²) in [5.41, 5.74) is 2.80. The zero-order valence-corrected chi connectivity index (χ0v) is 17.7. The molecule has 3 heterocycles. The van der Waals surface area contributed by atoms with Crippen LogP contribution in [0.1, 0.15) is 61.7 Å². The number of nitrogens with zero attached hydrogens (tertiary/aromatic N) is 4. The van der Waals surface area contributed by atoms with E-state index >= 15 is 0 Å². The zero-order chi connectivity index (χ0) is 21.1. The lowest BCUT2D eigenvalue weighted by atomic mass is 9.79. The Morgan fingerprint density at radius 1 is 1.27 bits per heavy atom. The van der Waals surface area contributed by atoms with E-state index in [4.69, 9.17) is 9.51 Å². The molecule has 1 aliphatic heterocycles. The molecule has 0 spiro atoms. The Bertz CT molecular complexity index is 917. The van der Waals surface area contributed by atoms with Crippen LogP contribution in [0.25, 0.3) is 11.3 Å². The molecule has 8 heteroatoms. The molecule has 1 aliphatic carbocycles. The monoisotopic (exact) mass is 411 g/mol. The van der Waals surface area contributed by atoms with E-state index in [1.807, 2.05) is 26.1 Å². The summed E-state index contributed by atoms with van der Waals surface area (Å²) < 4.78 is 5.46. The number of aromatic nitrogens is 3. The molecular weight excluding hydrogens is 382 g/mol. The van der Waals surface area contributed by atoms with E-state index in [-0.39, 0.29) is 18.4 Å². The summed E-state index contributed by atoms with van der Waals surface area (Å²) in [7, 11) is 0. The fourth-order valence-electron chi connectivity index (χ4n) is 4.48. The summed E-state index contributed by atoms with van der Waals surface area (Å²) in [6, 6.07) is 1.92. The van der Waals surface area contributed by atoms with E-state index in [1.165, 1.54) is 0 Å². The van der Waals surface area contributed by atoms with Crippen LogP contribution >= 0.6 is 0 Å². The van der Waals surface area contributed by atoms with Crippen molar-refractivity contribution >= 4 is 11.8 Å². The van der Waals surface area contributed by atoms with Gasteiger partial charge in [0.2, 0.25) is 11.8 Å². The molecule has 1 saturated heterocycles. The van der Waals surface area contributed by atoms with Gasteiger partial charge in [-0.2, -0.15) is 0 Å². The number of likely N-dealkylation sites (tertiary alicyclic amines) is 1. The maximum atomic E-state index is 12.2. The molecular formula is C22H29N5O3. The van der Waals surface area contributed by atoms with E-state index in [1.54, 1.807) is 4.90 Å². The Balaban J connectivity index is 1.32. The van der Waals surface area contributed by atoms with Crippen LogP contribution in [0.2, 0.25) is 0 Å². The minimum Gasteiger partial charge on any atom is -0.356 e. The normalized spacial score (nSPS) is 21.8. The zero-order valence-electron chi connectivity index (χ0n) is 17.7. The van der Waals surface area contributed by atoms with Crippen molar-refractivity contribution in [1.82, 2.24) is 25.3 Å². The highest BCUT2D eigenvalue weighted by Crippen LogP contribution is 2.38. The first-order valence-electron chi connectivity index (χ1n) is 10.8. The van der Waals surface area contributed by atoms with Gasteiger partial charge >= 0.3 is 0 Å². The molecule has 0 unspecified atom stereocenters. The number of rotatable bonds is 6. The Hall–Kier alpha value is -2.77. The van der Waals surface area contributed by atoms with Crippen molar-refractivity contribution in [3.63, 3.8) is 0 Å². The number of nitrogens with one attached hydrogen (secondary N) is 1. The summed E-state index contributed by atoms with van der Waals surface area (Å²) in [5, 5.41) is 7.02. The molecule has 0 radical (unpaired) electrons. The Labute approximate surface area is 176 Å². The van der Waals surface area contributed by atoms with Gasteiger partial charge in [0.15, 0.2) is 5.76 Å². The third kappa shape index (κ3) is 4.68. The molecule has 160 valence electrons. The number of hydrogen-bond acceptors (Lipinski definition) is 6. The van der Waals surface area contributed by atoms with Crippen molar-refractivity contribution in [2.75, 3.05) is 19.6 Å². The van der Waals surface area contributed by atoms with Crippen LogP contribution in [-0.4, -0.2) is 51.5 Å². The van der Waals surface area contributed by atoms with Crippen LogP contribution in [0, 0.1) is 19.8 Å². The molecule has 1 N–H and O–H groups in total. The molecule has 2 aromatic rings. The number of amides is 2. The third-order valence-corrected chi connectivity index (χ3v) is 6.16. The molecule has 1 saturated carbocycles. The van der Waals surface area contributed by atoms with Crippen molar-refractivity contribution in [3.8, 4) is 11.3 Å². The van der Waals surface area contributed by atoms with Gasteiger partial charge in [-0.1, -0.05) is 5.16 Å². The van der Waals surface area contributed by atoms with Gasteiger partial charge in [-0.25, -0.2) is 9.97 Å². The molecule has 0 bridgehead atoms. The summed E-state index contributed by atoms with van der Waals surface area (Å²) in [4.78, 5) is 34.6. The van der Waals surface area contributed by atoms with Crippen LogP contribution in [0.4, 0.5) is 0 Å². The lowest BCUT2D eigenvalue weighted by Gasteiger charge is -2.29. The maximum absolute atomic E-state index is 12.2. The first-order valence-corrected chi connectivity index (χ1v) is 10.8. The van der Waals surface area contributed by atoms with E-state index in [0.29, 0.717) is 37.1 Å². The second kappa shape index (κ2) is 8.93. The van der Waals surface area contributed by atoms with Crippen LogP contribution in [0.15, 0.2) is 16.8 Å². The van der Waals surface area contributed by atoms with Gasteiger partial charge in [-0.3, -0.25) is 9.59 Å². The number of carbonyl (C=O) groups excluding carboxylic acids is 2. The van der Waals surface area contributed by atoms with Crippen molar-refractivity contribution in [2.24, 2.45) is 5.92 Å². The lowest BCUT2D eigenvalue weighted by molar-refractivity contribution is -0.133. The first-order chi connectivity index (χ1) is 14.5. The highest BCUT2D eigenvalue weighted by atomic mass is 16.5. The van der Waals surface area contributed by atoms with Crippen LogP contribution in [0.5, 0.6) is 0 Å². The molecule has 2 aliphatic rings. The van der Waals surface area contributed by atoms with Crippen molar-refractivity contribution < 1.29 is 14.1 Å². The average molecular weight is 412 g/mol. The molecule has 2 amide bonds. The first kappa shape index (κ1) is 20.5. The predicted molar refractivity (Wildman–Crippen MR) is 111 cm³/mol. The Morgan fingerprint density at radius 2 is 2.07 bits per heavy atom. The quantitative estimate of drug-likeness (QED) is 0.784. The molecule has 0 aromatic carbocycles. The Morgan fingerprint density at radius 3 is 2.73 bits per heavy atom. The van der Waals surface area contributed by atoms with Crippen LogP contribution in [0.3, 0.4) is 0 Å². The predicted octanol–water partition coefficient (Wildman–Crippen LogP) is 2.76. The van der Waals surface area contributed by atoms with Gasteiger partial charge in [-0.05, 0) is 51.9 Å². The highest BCUT2D eigenvalue weighted by molar-refractivity contribution is 5.85. The highest BCUT2D eigenvalue weighted by Gasteiger charge is 2.28. The fourth-order valence-corrected chi connectivity index (χ4v) is 4.48. The Kier molecular flexibility index (Phi) is 6.11. The van der Waals surface area contributed by atoms with Gasteiger partial charge in [0.05, 0.1) is 23.5 Å². The molecule has 8 nitrogen and oxygen atoms in total. The summed E-state index contributed by atoms with van der Waals surface area (Å²) in [5.74, 6) is 2.31. The van der Waals surface area contributed by atoms with Crippen LogP contribution in [-0.2, 0) is 9.59 Å². The van der Waals surface area contributed by atoms with Gasteiger partial charge in [0.1, 0.15) is 5.82 Å². The number of carbonyl (C=O) groups is 2. The minimum absolute atomic E-state index is 0.0539. The van der Waals surface area contributed by atoms with E-state index in [9.17, 15) is 9.59 Å². The minimum atomic E-state index is -0.0539. The summed E-state index contributed by atoms with van der Waals surface area (Å²) in [6.07, 6.45) is 7.35. The van der Waals surface area contributed by atoms with Gasteiger partial charge < -0.3 is 14.7 Å². The second-order valence-electron chi connectivity index (χ2n) is 8.49. The van der Waals surface area contributed by atoms with Crippen molar-refractivity contribution in [1.29, 1.82) is 0 Å². The topological polar surface area (TPSA) is 101 Å². The third-order valence-electron chi connectivity index (χ3n) is 6.16. The van der Waals surface area contributed by atoms with E-state index < -0.39 is 0 Å². The SMILES string of the molecule is Cc1cc(-c2cnc(C)nc2C2CCC(CNC(=O)CN3CCCC3=O)CC2)on1. The largest absolute Gasteiger partial charge is 0.356 e. The lowest BCUT2D eigenvalue weighted by Crippen LogP contribution is -2.40. The van der Waals surface area contributed by atoms with Crippen molar-refractivity contribution in [2.45, 2.75) is 58.3 Å². The smallest absolute Gasteiger partial charge is 0.239 e. The maximum Gasteiger partial charge on any atom is 0.239 e. The molecule has 4 rings (SSSR count). The molecule has 30 heavy (non-hydrogen) atoms. The van der Waals surface area contributed by atoms with Crippen LogP contribution < -0.4 is 5.32 Å². The number of aryl methyl sites for hydroxylation is 2. The fraction of sp³-hybridized carbons (Fsp3) is 0.591. The summed E-state index contributed by atoms with van der Waals surface area (Å²) in [6.45, 7) is 5.37. The van der Waals surface area contributed by atoms with E-state index in [2.05, 4.69) is 15.5 Å². The average Bonchev–Trinajstić information content (AvgIpc) is 3.35. The van der Waals surface area contributed by atoms with E-state index in [0.717, 1.165) is 54.9 Å². The summed E-state index contributed by atoms with van der Waals surface area (Å²) >= 11 is 0. The van der Waals surface area contributed by atoms with Gasteiger partial charge in [0, 0.05) is 37.7 Å².